The predicted octanol–water partition coefficient (Wildman–Crippen LogP) is 2.15. The van der Waals surface area contributed by atoms with E-state index in [0.29, 0.717) is 0 Å². The Hall–Kier alpha value is -1.77. The second kappa shape index (κ2) is 4.64. The van der Waals surface area contributed by atoms with Gasteiger partial charge in [-0.05, 0) is 29.9 Å². The van der Waals surface area contributed by atoms with Crippen molar-refractivity contribution in [3.63, 3.8) is 0 Å². The first-order chi connectivity index (χ1) is 7.38. The van der Waals surface area contributed by atoms with Gasteiger partial charge in [0.25, 0.3) is 5.82 Å². The van der Waals surface area contributed by atoms with Crippen LogP contribution in [-0.2, 0) is 6.42 Å². The summed E-state index contributed by atoms with van der Waals surface area (Å²) in [6.07, 6.45) is 4.61. The Morgan fingerprint density at radius 1 is 1.33 bits per heavy atom. The lowest BCUT2D eigenvalue weighted by atomic mass is 10.1. The first kappa shape index (κ1) is 9.77. The van der Waals surface area contributed by atoms with Crippen LogP contribution in [0, 0.1) is 0 Å². The monoisotopic (exact) mass is 216 g/mol. The SMILES string of the molecule is S=C=Nc1ccc(Cc2[nH]cc[nH+]2)cc1. The summed E-state index contributed by atoms with van der Waals surface area (Å²) in [6, 6.07) is 7.91. The van der Waals surface area contributed by atoms with Crippen molar-refractivity contribution >= 4 is 23.1 Å². The molecule has 4 heteroatoms. The molecule has 0 atom stereocenters. The zero-order valence-corrected chi connectivity index (χ0v) is 8.84. The predicted molar refractivity (Wildman–Crippen MR) is 61.3 cm³/mol. The third-order valence-electron chi connectivity index (χ3n) is 2.09. The first-order valence-corrected chi connectivity index (χ1v) is 5.00. The molecule has 0 unspecified atom stereocenters. The van der Waals surface area contributed by atoms with E-state index in [1.54, 1.807) is 0 Å². The summed E-state index contributed by atoms with van der Waals surface area (Å²) in [7, 11) is 0. The number of aliphatic imine (C=N–C) groups is 1. The van der Waals surface area contributed by atoms with E-state index < -0.39 is 0 Å². The minimum Gasteiger partial charge on any atom is -0.247 e. The molecule has 0 saturated carbocycles. The number of H-pyrrole nitrogens is 2. The maximum absolute atomic E-state index is 4.53. The fourth-order valence-corrected chi connectivity index (χ4v) is 1.48. The van der Waals surface area contributed by atoms with Crippen LogP contribution in [0.15, 0.2) is 41.7 Å². The summed E-state index contributed by atoms with van der Waals surface area (Å²) in [6.45, 7) is 0. The Balaban J connectivity index is 2.14. The van der Waals surface area contributed by atoms with Crippen LogP contribution >= 0.6 is 12.2 Å². The molecule has 0 spiro atoms. The highest BCUT2D eigenvalue weighted by molar-refractivity contribution is 7.78. The Labute approximate surface area is 92.9 Å². The lowest BCUT2D eigenvalue weighted by Gasteiger charge is -1.95. The highest BCUT2D eigenvalue weighted by Crippen LogP contribution is 2.13. The number of rotatable bonds is 3. The van der Waals surface area contributed by atoms with E-state index in [4.69, 9.17) is 0 Å². The number of thiocarbonyl (C=S) groups is 1. The molecule has 2 rings (SSSR count). The number of imidazole rings is 1. The molecular formula is C11H10N3S+. The van der Waals surface area contributed by atoms with Crippen LogP contribution in [0.25, 0.3) is 0 Å². The van der Waals surface area contributed by atoms with Crippen molar-refractivity contribution in [2.75, 3.05) is 0 Å². The van der Waals surface area contributed by atoms with Crippen LogP contribution in [0.4, 0.5) is 5.69 Å². The van der Waals surface area contributed by atoms with Crippen molar-refractivity contribution in [2.24, 2.45) is 4.99 Å². The average molecular weight is 216 g/mol. The molecular weight excluding hydrogens is 206 g/mol. The lowest BCUT2D eigenvalue weighted by molar-refractivity contribution is -0.387. The minimum absolute atomic E-state index is 0.837. The highest BCUT2D eigenvalue weighted by Gasteiger charge is 2.02. The molecule has 15 heavy (non-hydrogen) atoms. The number of aromatic amines is 2. The topological polar surface area (TPSA) is 42.3 Å². The Bertz CT molecular complexity index is 467. The van der Waals surface area contributed by atoms with Gasteiger partial charge in [0.15, 0.2) is 0 Å². The maximum atomic E-state index is 4.53. The van der Waals surface area contributed by atoms with Gasteiger partial charge in [0, 0.05) is 0 Å². The van der Waals surface area contributed by atoms with E-state index in [2.05, 4.69) is 32.3 Å². The number of isothiocyanates is 1. The molecule has 0 amide bonds. The second-order valence-electron chi connectivity index (χ2n) is 3.15. The molecule has 0 aliphatic carbocycles. The van der Waals surface area contributed by atoms with Gasteiger partial charge in [-0.25, -0.2) is 9.97 Å². The van der Waals surface area contributed by atoms with Gasteiger partial charge >= 0.3 is 0 Å². The van der Waals surface area contributed by atoms with Gasteiger partial charge in [0.2, 0.25) is 0 Å². The molecule has 74 valence electrons. The van der Waals surface area contributed by atoms with Gasteiger partial charge in [-0.2, -0.15) is 4.99 Å². The molecule has 1 aromatic heterocycles. The summed E-state index contributed by atoms with van der Waals surface area (Å²) in [5.74, 6) is 1.08. The van der Waals surface area contributed by atoms with E-state index in [9.17, 15) is 0 Å². The van der Waals surface area contributed by atoms with E-state index >= 15 is 0 Å². The third kappa shape index (κ3) is 2.59. The number of benzene rings is 1. The highest BCUT2D eigenvalue weighted by atomic mass is 32.1. The Kier molecular flexibility index (Phi) is 3.02. The van der Waals surface area contributed by atoms with E-state index in [-0.39, 0.29) is 0 Å². The van der Waals surface area contributed by atoms with Gasteiger partial charge < -0.3 is 0 Å². The van der Waals surface area contributed by atoms with E-state index in [1.165, 1.54) is 5.56 Å². The summed E-state index contributed by atoms with van der Waals surface area (Å²) >= 11 is 4.53. The first-order valence-electron chi connectivity index (χ1n) is 4.59. The fraction of sp³-hybridized carbons (Fsp3) is 0.0909. The van der Waals surface area contributed by atoms with Crippen molar-refractivity contribution < 1.29 is 4.98 Å². The average Bonchev–Trinajstić information content (AvgIpc) is 2.74. The molecule has 3 nitrogen and oxygen atoms in total. The molecule has 0 radical (unpaired) electrons. The summed E-state index contributed by atoms with van der Waals surface area (Å²) < 4.78 is 0. The molecule has 2 N–H and O–H groups in total. The van der Waals surface area contributed by atoms with Crippen molar-refractivity contribution in [3.8, 4) is 0 Å². The third-order valence-corrected chi connectivity index (χ3v) is 2.18. The molecule has 0 aliphatic rings. The van der Waals surface area contributed by atoms with E-state index in [0.717, 1.165) is 17.9 Å². The van der Waals surface area contributed by atoms with Gasteiger partial charge in [-0.3, -0.25) is 0 Å². The normalized spacial score (nSPS) is 9.60. The lowest BCUT2D eigenvalue weighted by Crippen LogP contribution is -2.06. The zero-order chi connectivity index (χ0) is 10.5. The number of hydrogen-bond acceptors (Lipinski definition) is 2. The maximum Gasteiger partial charge on any atom is 0.256 e. The standard InChI is InChI=1S/C11H9N3S/c15-8-14-10-3-1-9(2-4-10)7-11-12-5-6-13-11/h1-6H,7H2,(H,12,13)/p+1. The summed E-state index contributed by atoms with van der Waals surface area (Å²) in [5, 5.41) is 2.35. The van der Waals surface area contributed by atoms with Gasteiger partial charge in [0.1, 0.15) is 12.4 Å². The number of aromatic nitrogens is 2. The molecule has 0 aliphatic heterocycles. The molecule has 0 fully saturated rings. The van der Waals surface area contributed by atoms with Crippen LogP contribution in [-0.4, -0.2) is 10.1 Å². The Morgan fingerprint density at radius 2 is 2.13 bits per heavy atom. The molecule has 0 bridgehead atoms. The number of nitrogens with zero attached hydrogens (tertiary/aromatic N) is 1. The van der Waals surface area contributed by atoms with Crippen LogP contribution in [0.1, 0.15) is 11.4 Å². The van der Waals surface area contributed by atoms with Crippen molar-refractivity contribution in [1.82, 2.24) is 4.98 Å². The second-order valence-corrected chi connectivity index (χ2v) is 3.33. The fourth-order valence-electron chi connectivity index (χ4n) is 1.37. The molecule has 2 aromatic rings. The summed E-state index contributed by atoms with van der Waals surface area (Å²) in [5.41, 5.74) is 2.06. The number of nitrogens with one attached hydrogen (secondary N) is 2. The largest absolute Gasteiger partial charge is 0.256 e. The van der Waals surface area contributed by atoms with Gasteiger partial charge in [-0.15, -0.1) is 0 Å². The Morgan fingerprint density at radius 3 is 2.73 bits per heavy atom. The van der Waals surface area contributed by atoms with Crippen molar-refractivity contribution in [3.05, 3.63) is 48.0 Å². The van der Waals surface area contributed by atoms with Gasteiger partial charge in [-0.1, -0.05) is 12.1 Å². The van der Waals surface area contributed by atoms with E-state index in [1.807, 2.05) is 36.7 Å². The minimum atomic E-state index is 0.837. The van der Waals surface area contributed by atoms with Crippen LogP contribution < -0.4 is 4.98 Å². The quantitative estimate of drug-likeness (QED) is 0.620. The molecule has 1 aromatic carbocycles. The van der Waals surface area contributed by atoms with Crippen molar-refractivity contribution in [2.45, 2.75) is 6.42 Å². The molecule has 0 saturated heterocycles. The van der Waals surface area contributed by atoms with Gasteiger partial charge in [0.05, 0.1) is 17.3 Å². The van der Waals surface area contributed by atoms with Crippen LogP contribution in [0.2, 0.25) is 0 Å². The van der Waals surface area contributed by atoms with Crippen molar-refractivity contribution in [1.29, 1.82) is 0 Å². The number of hydrogen-bond donors (Lipinski definition) is 1. The van der Waals surface area contributed by atoms with Crippen LogP contribution in [0.5, 0.6) is 0 Å². The smallest absolute Gasteiger partial charge is 0.247 e. The zero-order valence-electron chi connectivity index (χ0n) is 8.03. The summed E-state index contributed by atoms with van der Waals surface area (Å²) in [4.78, 5) is 10.1. The van der Waals surface area contributed by atoms with Crippen LogP contribution in [0.3, 0.4) is 0 Å². The molecule has 1 heterocycles.